The number of sulfone groups is 1. The summed E-state index contributed by atoms with van der Waals surface area (Å²) in [5, 5.41) is 0. The van der Waals surface area contributed by atoms with Gasteiger partial charge in [-0.2, -0.15) is 0 Å². The third-order valence-corrected chi connectivity index (χ3v) is 7.60. The maximum Gasteiger partial charge on any atom is 0.254 e. The molecule has 2 saturated heterocycles. The molecule has 1 atom stereocenters. The summed E-state index contributed by atoms with van der Waals surface area (Å²) in [5.41, 5.74) is 1.65. The van der Waals surface area contributed by atoms with Gasteiger partial charge in [-0.15, -0.1) is 0 Å². The Labute approximate surface area is 172 Å². The number of benzene rings is 1. The Morgan fingerprint density at radius 3 is 2.48 bits per heavy atom. The van der Waals surface area contributed by atoms with Crippen LogP contribution in [0.2, 0.25) is 0 Å². The van der Waals surface area contributed by atoms with Crippen LogP contribution in [-0.4, -0.2) is 49.9 Å². The number of rotatable bonds is 5. The van der Waals surface area contributed by atoms with Gasteiger partial charge in [0, 0.05) is 30.8 Å². The van der Waals surface area contributed by atoms with Crippen molar-refractivity contribution in [2.75, 3.05) is 29.5 Å². The third-order valence-electron chi connectivity index (χ3n) is 5.85. The van der Waals surface area contributed by atoms with E-state index in [0.29, 0.717) is 17.7 Å². The van der Waals surface area contributed by atoms with Gasteiger partial charge in [-0.05, 0) is 50.8 Å². The Morgan fingerprint density at radius 1 is 1.10 bits per heavy atom. The molecule has 1 amide bonds. The molecule has 6 nitrogen and oxygen atoms in total. The summed E-state index contributed by atoms with van der Waals surface area (Å²) >= 11 is 0. The fraction of sp³-hybridized carbons (Fsp3) is 0.500. The third kappa shape index (κ3) is 4.66. The van der Waals surface area contributed by atoms with E-state index in [1.165, 1.54) is 6.42 Å². The molecule has 2 aromatic rings. The first-order valence-corrected chi connectivity index (χ1v) is 12.2. The number of furan rings is 1. The largest absolute Gasteiger partial charge is 0.444 e. The van der Waals surface area contributed by atoms with Crippen LogP contribution in [0.4, 0.5) is 5.88 Å². The number of carbonyl (C=O) groups excluding carboxylic acids is 1. The van der Waals surface area contributed by atoms with E-state index in [9.17, 15) is 13.2 Å². The summed E-state index contributed by atoms with van der Waals surface area (Å²) in [5.74, 6) is 1.52. The highest BCUT2D eigenvalue weighted by Gasteiger charge is 2.35. The molecular weight excluding hydrogens is 388 g/mol. The number of carbonyl (C=O) groups is 1. The molecule has 4 rings (SSSR count). The number of amides is 1. The number of nitrogens with zero attached hydrogens (tertiary/aromatic N) is 2. The predicted octanol–water partition coefficient (Wildman–Crippen LogP) is 3.41. The second-order valence-electron chi connectivity index (χ2n) is 8.14. The first-order valence-electron chi connectivity index (χ1n) is 10.3. The van der Waals surface area contributed by atoms with Gasteiger partial charge in [-0.1, -0.05) is 17.7 Å². The van der Waals surface area contributed by atoms with Gasteiger partial charge in [0.25, 0.3) is 5.91 Å². The molecular formula is C22H28N2O4S. The molecule has 1 aromatic heterocycles. The van der Waals surface area contributed by atoms with Gasteiger partial charge < -0.3 is 14.2 Å². The monoisotopic (exact) mass is 416 g/mol. The maximum atomic E-state index is 13.2. The molecule has 29 heavy (non-hydrogen) atoms. The van der Waals surface area contributed by atoms with Gasteiger partial charge in [-0.3, -0.25) is 4.79 Å². The molecule has 0 aliphatic carbocycles. The highest BCUT2D eigenvalue weighted by molar-refractivity contribution is 7.91. The van der Waals surface area contributed by atoms with Crippen LogP contribution in [0.5, 0.6) is 0 Å². The molecule has 0 spiro atoms. The lowest BCUT2D eigenvalue weighted by Gasteiger charge is -2.28. The molecule has 2 fully saturated rings. The van der Waals surface area contributed by atoms with E-state index >= 15 is 0 Å². The molecule has 1 unspecified atom stereocenters. The second kappa shape index (κ2) is 8.22. The Kier molecular flexibility index (Phi) is 5.67. The standard InChI is InChI=1S/C22H28N2O4S/c1-17-5-7-18(8-6-17)22(25)24(19-11-14-29(26,27)16-19)15-20-9-10-21(28-20)23-12-3-2-4-13-23/h5-10,19H,2-4,11-16H2,1H3. The zero-order valence-corrected chi connectivity index (χ0v) is 17.7. The fourth-order valence-electron chi connectivity index (χ4n) is 4.15. The Balaban J connectivity index is 1.56. The smallest absolute Gasteiger partial charge is 0.254 e. The minimum Gasteiger partial charge on any atom is -0.444 e. The molecule has 3 heterocycles. The first kappa shape index (κ1) is 20.0. The first-order chi connectivity index (χ1) is 13.9. The Hall–Kier alpha value is -2.28. The summed E-state index contributed by atoms with van der Waals surface area (Å²) in [7, 11) is -3.10. The SMILES string of the molecule is Cc1ccc(C(=O)N(Cc2ccc(N3CCCCC3)o2)C2CCS(=O)(=O)C2)cc1. The van der Waals surface area contributed by atoms with Crippen molar-refractivity contribution in [1.82, 2.24) is 4.90 Å². The van der Waals surface area contributed by atoms with Gasteiger partial charge >= 0.3 is 0 Å². The van der Waals surface area contributed by atoms with E-state index in [1.807, 2.05) is 31.2 Å². The van der Waals surface area contributed by atoms with E-state index in [2.05, 4.69) is 4.90 Å². The van der Waals surface area contributed by atoms with E-state index in [1.54, 1.807) is 17.0 Å². The van der Waals surface area contributed by atoms with Gasteiger partial charge in [0.15, 0.2) is 15.7 Å². The van der Waals surface area contributed by atoms with Crippen LogP contribution in [0.3, 0.4) is 0 Å². The summed E-state index contributed by atoms with van der Waals surface area (Å²) < 4.78 is 30.1. The summed E-state index contributed by atoms with van der Waals surface area (Å²) in [6.07, 6.45) is 4.04. The maximum absolute atomic E-state index is 13.2. The molecule has 156 valence electrons. The molecule has 0 N–H and O–H groups in total. The van der Waals surface area contributed by atoms with Crippen molar-refractivity contribution in [3.63, 3.8) is 0 Å². The summed E-state index contributed by atoms with van der Waals surface area (Å²) in [4.78, 5) is 17.2. The van der Waals surface area contributed by atoms with Gasteiger partial charge in [0.05, 0.1) is 18.1 Å². The number of aryl methyl sites for hydroxylation is 1. The second-order valence-corrected chi connectivity index (χ2v) is 10.4. The van der Waals surface area contributed by atoms with Gasteiger partial charge in [0.2, 0.25) is 0 Å². The van der Waals surface area contributed by atoms with Crippen LogP contribution < -0.4 is 4.90 Å². The summed E-state index contributed by atoms with van der Waals surface area (Å²) in [6.45, 7) is 4.22. The van der Waals surface area contributed by atoms with Crippen molar-refractivity contribution in [2.24, 2.45) is 0 Å². The van der Waals surface area contributed by atoms with Crippen LogP contribution >= 0.6 is 0 Å². The molecule has 0 saturated carbocycles. The molecule has 2 aliphatic heterocycles. The molecule has 2 aliphatic rings. The number of piperidine rings is 1. The topological polar surface area (TPSA) is 70.8 Å². The molecule has 0 radical (unpaired) electrons. The van der Waals surface area contributed by atoms with Crippen LogP contribution in [-0.2, 0) is 16.4 Å². The molecule has 0 bridgehead atoms. The minimum atomic E-state index is -3.10. The molecule has 1 aromatic carbocycles. The Bertz CT molecular complexity index is 959. The zero-order chi connectivity index (χ0) is 20.4. The lowest BCUT2D eigenvalue weighted by molar-refractivity contribution is 0.0666. The fourth-order valence-corrected chi connectivity index (χ4v) is 5.88. The summed E-state index contributed by atoms with van der Waals surface area (Å²) in [6, 6.07) is 10.9. The van der Waals surface area contributed by atoms with Crippen LogP contribution in [0.15, 0.2) is 40.8 Å². The quantitative estimate of drug-likeness (QED) is 0.747. The van der Waals surface area contributed by atoms with Crippen molar-refractivity contribution in [3.05, 3.63) is 53.3 Å². The van der Waals surface area contributed by atoms with Gasteiger partial charge in [0.1, 0.15) is 5.76 Å². The van der Waals surface area contributed by atoms with Crippen LogP contribution in [0.25, 0.3) is 0 Å². The van der Waals surface area contributed by atoms with Crippen molar-refractivity contribution in [1.29, 1.82) is 0 Å². The van der Waals surface area contributed by atoms with Crippen molar-refractivity contribution in [2.45, 2.75) is 45.2 Å². The van der Waals surface area contributed by atoms with Gasteiger partial charge in [-0.25, -0.2) is 8.42 Å². The van der Waals surface area contributed by atoms with Crippen molar-refractivity contribution < 1.29 is 17.6 Å². The van der Waals surface area contributed by atoms with E-state index < -0.39 is 9.84 Å². The highest BCUT2D eigenvalue weighted by Crippen LogP contribution is 2.26. The zero-order valence-electron chi connectivity index (χ0n) is 16.8. The lowest BCUT2D eigenvalue weighted by Crippen LogP contribution is -2.40. The average molecular weight is 417 g/mol. The average Bonchev–Trinajstić information content (AvgIpc) is 3.33. The normalized spacial score (nSPS) is 21.3. The van der Waals surface area contributed by atoms with Crippen molar-refractivity contribution in [3.8, 4) is 0 Å². The number of anilines is 1. The minimum absolute atomic E-state index is 0.0181. The number of hydrogen-bond acceptors (Lipinski definition) is 5. The van der Waals surface area contributed by atoms with Crippen LogP contribution in [0.1, 0.15) is 47.4 Å². The van der Waals surface area contributed by atoms with Crippen LogP contribution in [0, 0.1) is 6.92 Å². The number of hydrogen-bond donors (Lipinski definition) is 0. The predicted molar refractivity (Wildman–Crippen MR) is 113 cm³/mol. The van der Waals surface area contributed by atoms with Crippen molar-refractivity contribution >= 4 is 21.6 Å². The van der Waals surface area contributed by atoms with E-state index in [0.717, 1.165) is 37.4 Å². The Morgan fingerprint density at radius 2 is 1.83 bits per heavy atom. The highest BCUT2D eigenvalue weighted by atomic mass is 32.2. The lowest BCUT2D eigenvalue weighted by atomic mass is 10.1. The van der Waals surface area contributed by atoms with E-state index in [4.69, 9.17) is 4.42 Å². The van der Waals surface area contributed by atoms with E-state index in [-0.39, 0.29) is 30.0 Å². The molecule has 7 heteroatoms.